The zero-order chi connectivity index (χ0) is 11.4. The minimum absolute atomic E-state index is 0.129. The van der Waals surface area contributed by atoms with Gasteiger partial charge in [-0.25, -0.2) is 14.8 Å². The van der Waals surface area contributed by atoms with Gasteiger partial charge in [-0.1, -0.05) is 13.8 Å². The van der Waals surface area contributed by atoms with Crippen LogP contribution in [0.25, 0.3) is 11.2 Å². The summed E-state index contributed by atoms with van der Waals surface area (Å²) in [5.41, 5.74) is 0.964. The molecule has 5 nitrogen and oxygen atoms in total. The monoisotopic (exact) mass is 271 g/mol. The Morgan fingerprint density at radius 3 is 2.80 bits per heavy atom. The number of carbonyl (C=O) groups is 1. The van der Waals surface area contributed by atoms with E-state index in [1.165, 1.54) is 12.4 Å². The standard InChI is InChI=1S/C7H4BrN3O2.C2H6/c8-4-2-10-6-5(11-4)3(1-9-6)7(12)13;1-2/h1-2H,(H,9,10)(H,12,13);1-2H3. The molecule has 0 saturated heterocycles. The maximum absolute atomic E-state index is 10.7. The molecule has 2 N–H and O–H groups in total. The summed E-state index contributed by atoms with van der Waals surface area (Å²) in [6.45, 7) is 4.00. The molecule has 0 fully saturated rings. The third-order valence-corrected chi connectivity index (χ3v) is 1.96. The van der Waals surface area contributed by atoms with Crippen LogP contribution in [0.5, 0.6) is 0 Å². The Bertz CT molecular complexity index is 481. The number of aromatic amines is 1. The van der Waals surface area contributed by atoms with E-state index in [0.29, 0.717) is 15.8 Å². The molecule has 0 aliphatic heterocycles. The first-order valence-corrected chi connectivity index (χ1v) is 5.20. The van der Waals surface area contributed by atoms with Crippen molar-refractivity contribution in [2.24, 2.45) is 0 Å². The van der Waals surface area contributed by atoms with E-state index in [1.807, 2.05) is 13.8 Å². The number of nitrogens with zero attached hydrogens (tertiary/aromatic N) is 2. The number of carboxylic acids is 1. The number of fused-ring (bicyclic) bond motifs is 1. The number of carboxylic acid groups (broad SMARTS) is 1. The Kier molecular flexibility index (Phi) is 3.79. The quantitative estimate of drug-likeness (QED) is 0.835. The van der Waals surface area contributed by atoms with Gasteiger partial charge in [0.25, 0.3) is 0 Å². The maximum atomic E-state index is 10.7. The van der Waals surface area contributed by atoms with E-state index in [4.69, 9.17) is 5.11 Å². The van der Waals surface area contributed by atoms with E-state index < -0.39 is 5.97 Å². The maximum Gasteiger partial charge on any atom is 0.339 e. The summed E-state index contributed by atoms with van der Waals surface area (Å²) in [5.74, 6) is -1.02. The summed E-state index contributed by atoms with van der Waals surface area (Å²) in [7, 11) is 0. The van der Waals surface area contributed by atoms with Crippen molar-refractivity contribution < 1.29 is 9.90 Å². The van der Waals surface area contributed by atoms with Crippen molar-refractivity contribution in [3.63, 3.8) is 0 Å². The van der Waals surface area contributed by atoms with Gasteiger partial charge in [0.2, 0.25) is 0 Å². The number of rotatable bonds is 1. The van der Waals surface area contributed by atoms with Crippen LogP contribution in [0.3, 0.4) is 0 Å². The predicted molar refractivity (Wildman–Crippen MR) is 59.9 cm³/mol. The average molecular weight is 272 g/mol. The van der Waals surface area contributed by atoms with Crippen molar-refractivity contribution in [1.82, 2.24) is 15.0 Å². The lowest BCUT2D eigenvalue weighted by atomic mass is 10.3. The second-order valence-corrected chi connectivity index (χ2v) is 3.21. The molecule has 80 valence electrons. The van der Waals surface area contributed by atoms with Gasteiger partial charge in [-0.2, -0.15) is 0 Å². The lowest BCUT2D eigenvalue weighted by Gasteiger charge is -1.91. The minimum atomic E-state index is -1.02. The number of nitrogens with one attached hydrogen (secondary N) is 1. The number of H-pyrrole nitrogens is 1. The van der Waals surface area contributed by atoms with Gasteiger partial charge in [0.05, 0.1) is 6.20 Å². The van der Waals surface area contributed by atoms with E-state index in [9.17, 15) is 4.79 Å². The molecular formula is C9H10BrN3O2. The van der Waals surface area contributed by atoms with Crippen LogP contribution in [0, 0.1) is 0 Å². The Morgan fingerprint density at radius 2 is 2.20 bits per heavy atom. The van der Waals surface area contributed by atoms with Gasteiger partial charge in [-0.15, -0.1) is 0 Å². The molecule has 0 unspecified atom stereocenters. The smallest absolute Gasteiger partial charge is 0.339 e. The number of aromatic nitrogens is 3. The van der Waals surface area contributed by atoms with Crippen molar-refractivity contribution in [1.29, 1.82) is 0 Å². The number of hydrogen-bond acceptors (Lipinski definition) is 3. The van der Waals surface area contributed by atoms with E-state index in [-0.39, 0.29) is 5.56 Å². The Labute approximate surface area is 94.7 Å². The molecule has 6 heteroatoms. The first kappa shape index (κ1) is 11.6. The second-order valence-electron chi connectivity index (χ2n) is 2.40. The zero-order valence-corrected chi connectivity index (χ0v) is 9.87. The summed E-state index contributed by atoms with van der Waals surface area (Å²) in [5, 5.41) is 8.76. The van der Waals surface area contributed by atoms with Gasteiger partial charge in [-0.05, 0) is 15.9 Å². The van der Waals surface area contributed by atoms with E-state index in [2.05, 4.69) is 30.9 Å². The minimum Gasteiger partial charge on any atom is -0.478 e. The van der Waals surface area contributed by atoms with Crippen molar-refractivity contribution in [3.8, 4) is 0 Å². The first-order valence-electron chi connectivity index (χ1n) is 4.41. The molecule has 0 aliphatic rings. The van der Waals surface area contributed by atoms with Gasteiger partial charge in [0, 0.05) is 6.20 Å². The van der Waals surface area contributed by atoms with Crippen LogP contribution in [-0.4, -0.2) is 26.0 Å². The highest BCUT2D eigenvalue weighted by Gasteiger charge is 2.12. The van der Waals surface area contributed by atoms with Crippen molar-refractivity contribution in [2.75, 3.05) is 0 Å². The molecule has 0 amide bonds. The largest absolute Gasteiger partial charge is 0.478 e. The SMILES string of the molecule is CC.O=C(O)c1c[nH]c2ncc(Br)nc12. The topological polar surface area (TPSA) is 78.9 Å². The lowest BCUT2D eigenvalue weighted by Crippen LogP contribution is -1.95. The highest BCUT2D eigenvalue weighted by atomic mass is 79.9. The summed E-state index contributed by atoms with van der Waals surface area (Å²) < 4.78 is 0.516. The summed E-state index contributed by atoms with van der Waals surface area (Å²) in [6.07, 6.45) is 2.88. The normalized spacial score (nSPS) is 9.53. The van der Waals surface area contributed by atoms with E-state index in [1.54, 1.807) is 0 Å². The zero-order valence-electron chi connectivity index (χ0n) is 8.28. The van der Waals surface area contributed by atoms with Crippen molar-refractivity contribution >= 4 is 33.1 Å². The van der Waals surface area contributed by atoms with Gasteiger partial charge in [0.1, 0.15) is 15.7 Å². The molecule has 0 aliphatic carbocycles. The van der Waals surface area contributed by atoms with Crippen LogP contribution in [0.1, 0.15) is 24.2 Å². The van der Waals surface area contributed by atoms with Gasteiger partial charge in [-0.3, -0.25) is 0 Å². The van der Waals surface area contributed by atoms with E-state index >= 15 is 0 Å². The van der Waals surface area contributed by atoms with Crippen LogP contribution in [0.4, 0.5) is 0 Å². The molecule has 2 aromatic rings. The fourth-order valence-electron chi connectivity index (χ4n) is 1.03. The third-order valence-electron chi connectivity index (χ3n) is 1.58. The highest BCUT2D eigenvalue weighted by molar-refractivity contribution is 9.10. The second kappa shape index (κ2) is 4.88. The molecule has 2 aromatic heterocycles. The van der Waals surface area contributed by atoms with Gasteiger partial charge < -0.3 is 10.1 Å². The van der Waals surface area contributed by atoms with Gasteiger partial charge >= 0.3 is 5.97 Å². The fourth-order valence-corrected chi connectivity index (χ4v) is 1.31. The van der Waals surface area contributed by atoms with Crippen LogP contribution < -0.4 is 0 Å². The molecule has 0 saturated carbocycles. The Hall–Kier alpha value is -1.43. The fraction of sp³-hybridized carbons (Fsp3) is 0.222. The molecule has 2 rings (SSSR count). The molecule has 0 aromatic carbocycles. The molecule has 0 spiro atoms. The Balaban J connectivity index is 0.000000531. The number of halogens is 1. The molecule has 0 atom stereocenters. The molecule has 2 heterocycles. The third kappa shape index (κ3) is 2.33. The highest BCUT2D eigenvalue weighted by Crippen LogP contribution is 2.16. The van der Waals surface area contributed by atoms with Gasteiger partial charge in [0.15, 0.2) is 5.65 Å². The molecule has 15 heavy (non-hydrogen) atoms. The number of hydrogen-bond donors (Lipinski definition) is 2. The van der Waals surface area contributed by atoms with E-state index in [0.717, 1.165) is 0 Å². The van der Waals surface area contributed by atoms with Crippen LogP contribution in [-0.2, 0) is 0 Å². The summed E-state index contributed by atoms with van der Waals surface area (Å²) in [6, 6.07) is 0. The average Bonchev–Trinajstić information content (AvgIpc) is 2.63. The van der Waals surface area contributed by atoms with Crippen LogP contribution in [0.2, 0.25) is 0 Å². The van der Waals surface area contributed by atoms with Crippen molar-refractivity contribution in [2.45, 2.75) is 13.8 Å². The summed E-state index contributed by atoms with van der Waals surface area (Å²) >= 11 is 3.12. The lowest BCUT2D eigenvalue weighted by molar-refractivity contribution is 0.0699. The predicted octanol–water partition coefficient (Wildman–Crippen LogP) is 2.44. The molecule has 0 bridgehead atoms. The molecule has 0 radical (unpaired) electrons. The van der Waals surface area contributed by atoms with Crippen molar-refractivity contribution in [3.05, 3.63) is 22.6 Å². The summed E-state index contributed by atoms with van der Waals surface area (Å²) in [4.78, 5) is 21.4. The Morgan fingerprint density at radius 1 is 1.53 bits per heavy atom. The van der Waals surface area contributed by atoms with Crippen LogP contribution >= 0.6 is 15.9 Å². The molecular weight excluding hydrogens is 262 g/mol. The number of aromatic carboxylic acids is 1. The van der Waals surface area contributed by atoms with Crippen LogP contribution in [0.15, 0.2) is 17.0 Å². The first-order chi connectivity index (χ1) is 7.18.